The number of sulfonamides is 1. The van der Waals surface area contributed by atoms with Crippen molar-refractivity contribution in [3.63, 3.8) is 0 Å². The molecule has 4 rings (SSSR count). The maximum absolute atomic E-state index is 15.7. The molecule has 0 saturated heterocycles. The smallest absolute Gasteiger partial charge is 0.367 e. The molecule has 0 bridgehead atoms. The summed E-state index contributed by atoms with van der Waals surface area (Å²) in [5.41, 5.74) is -10.2. The third kappa shape index (κ3) is 3.55. The van der Waals surface area contributed by atoms with Gasteiger partial charge in [0, 0.05) is 5.39 Å². The fourth-order valence-corrected chi connectivity index (χ4v) is 5.85. The number of hydrogen-bond donors (Lipinski definition) is 2. The summed E-state index contributed by atoms with van der Waals surface area (Å²) in [6, 6.07) is 9.72. The molecule has 40 heavy (non-hydrogen) atoms. The second kappa shape index (κ2) is 8.76. The summed E-state index contributed by atoms with van der Waals surface area (Å²) in [6.45, 7) is 0. The van der Waals surface area contributed by atoms with Crippen molar-refractivity contribution >= 4 is 26.9 Å². The van der Waals surface area contributed by atoms with Gasteiger partial charge in [-0.15, -0.1) is 0 Å². The lowest BCUT2D eigenvalue weighted by atomic mass is 9.69. The summed E-state index contributed by atoms with van der Waals surface area (Å²) in [4.78, 5) is 14.7. The number of nitrogens with one attached hydrogen (secondary N) is 1. The van der Waals surface area contributed by atoms with E-state index in [-0.39, 0.29) is 16.2 Å². The Morgan fingerprint density at radius 1 is 0.725 bits per heavy atom. The van der Waals surface area contributed by atoms with Crippen LogP contribution >= 0.6 is 0 Å². The molecule has 2 N–H and O–H groups in total. The van der Waals surface area contributed by atoms with Gasteiger partial charge in [-0.2, -0.15) is 39.8 Å². The number of nitrogens with zero attached hydrogens (tertiary/aromatic N) is 1. The molecule has 0 spiro atoms. The summed E-state index contributed by atoms with van der Waals surface area (Å²) in [7, 11) is -6.50. The van der Waals surface area contributed by atoms with E-state index in [4.69, 9.17) is 0 Å². The maximum Gasteiger partial charge on any atom is 0.367 e. The molecule has 1 aliphatic rings. The van der Waals surface area contributed by atoms with Crippen LogP contribution in [0.15, 0.2) is 66.7 Å². The Morgan fingerprint density at radius 3 is 1.75 bits per heavy atom. The second-order valence-corrected chi connectivity index (χ2v) is 10.5. The predicted octanol–water partition coefficient (Wildman–Crippen LogP) is 5.37. The number of para-hydroxylation sites is 1. The molecule has 1 saturated carbocycles. The van der Waals surface area contributed by atoms with E-state index in [0.717, 1.165) is 24.3 Å². The van der Waals surface area contributed by atoms with E-state index in [0.29, 0.717) is 18.2 Å². The van der Waals surface area contributed by atoms with Crippen molar-refractivity contribution in [2.24, 2.45) is 0 Å². The minimum absolute atomic E-state index is 0.0123. The van der Waals surface area contributed by atoms with Gasteiger partial charge in [-0.05, 0) is 17.7 Å². The molecule has 1 atom stereocenters. The molecule has 6 nitrogen and oxygen atoms in total. The zero-order valence-corrected chi connectivity index (χ0v) is 20.1. The first-order chi connectivity index (χ1) is 18.2. The van der Waals surface area contributed by atoms with Crippen LogP contribution in [0.1, 0.15) is 16.5 Å². The van der Waals surface area contributed by atoms with Crippen molar-refractivity contribution in [1.29, 1.82) is 0 Å². The zero-order valence-electron chi connectivity index (χ0n) is 19.2. The monoisotopic (exact) mass is 604 g/mol. The minimum Gasteiger partial charge on any atom is -0.480 e. The number of rotatable bonds is 6. The molecule has 2 aromatic carbocycles. The highest BCUT2D eigenvalue weighted by atomic mass is 32.2. The van der Waals surface area contributed by atoms with Crippen molar-refractivity contribution in [2.75, 3.05) is 0 Å². The largest absolute Gasteiger partial charge is 0.480 e. The van der Waals surface area contributed by atoms with E-state index >= 15 is 43.9 Å². The van der Waals surface area contributed by atoms with E-state index in [2.05, 4.69) is 4.98 Å². The molecule has 1 aromatic heterocycles. The van der Waals surface area contributed by atoms with E-state index < -0.39 is 73.2 Å². The number of carboxylic acid groups (broad SMARTS) is 1. The maximum atomic E-state index is 15.7. The first-order valence-electron chi connectivity index (χ1n) is 10.8. The summed E-state index contributed by atoms with van der Waals surface area (Å²) in [6.07, 6.45) is 0. The predicted molar refractivity (Wildman–Crippen MR) is 117 cm³/mol. The number of pyridine rings is 1. The molecule has 1 heterocycles. The number of aliphatic carboxylic acids is 1. The third-order valence-corrected chi connectivity index (χ3v) is 8.05. The molecule has 3 aromatic rings. The van der Waals surface area contributed by atoms with Crippen molar-refractivity contribution in [3.05, 3.63) is 78.0 Å². The molecule has 1 fully saturated rings. The number of carboxylic acids is 1. The first-order valence-corrected chi connectivity index (χ1v) is 12.3. The van der Waals surface area contributed by atoms with Crippen LogP contribution in [-0.2, 0) is 20.5 Å². The zero-order chi connectivity index (χ0) is 30.2. The SMILES string of the molecule is O=C(O)C(c1ccccc1)S(=O)(=O)NC1(F)C(F)(F)C(F)(F)C(F)(c2ccc3ccccc3n2)C(F)(F)C1(F)F. The summed E-state index contributed by atoms with van der Waals surface area (Å²) in [5, 5.41) is 6.01. The molecule has 216 valence electrons. The normalized spacial score (nSPS) is 27.6. The summed E-state index contributed by atoms with van der Waals surface area (Å²) in [5.74, 6) is -38.3. The van der Waals surface area contributed by atoms with Gasteiger partial charge in [-0.3, -0.25) is 4.79 Å². The fraction of sp³-hybridized carbons (Fsp3) is 0.304. The van der Waals surface area contributed by atoms with Crippen LogP contribution in [0.2, 0.25) is 0 Å². The van der Waals surface area contributed by atoms with Crippen LogP contribution < -0.4 is 4.72 Å². The van der Waals surface area contributed by atoms with Gasteiger partial charge in [0.15, 0.2) is 5.25 Å². The number of carbonyl (C=O) groups is 1. The van der Waals surface area contributed by atoms with Gasteiger partial charge >= 0.3 is 35.5 Å². The second-order valence-electron chi connectivity index (χ2n) is 8.78. The van der Waals surface area contributed by atoms with Gasteiger partial charge in [0.05, 0.1) is 11.2 Å². The Labute approximate surface area is 217 Å². The lowest BCUT2D eigenvalue weighted by molar-refractivity contribution is -0.468. The van der Waals surface area contributed by atoms with Crippen LogP contribution in [0.4, 0.5) is 43.9 Å². The van der Waals surface area contributed by atoms with E-state index in [1.165, 1.54) is 18.2 Å². The Hall–Kier alpha value is -3.47. The molecule has 17 heteroatoms. The topological polar surface area (TPSA) is 96.4 Å². The fourth-order valence-electron chi connectivity index (χ4n) is 4.30. The van der Waals surface area contributed by atoms with E-state index in [1.54, 1.807) is 0 Å². The average Bonchev–Trinajstić information content (AvgIpc) is 2.86. The average molecular weight is 604 g/mol. The van der Waals surface area contributed by atoms with Gasteiger partial charge in [0.1, 0.15) is 0 Å². The number of alkyl halides is 10. The van der Waals surface area contributed by atoms with Gasteiger partial charge in [-0.25, -0.2) is 22.2 Å². The number of hydrogen-bond acceptors (Lipinski definition) is 4. The molecule has 1 aliphatic carbocycles. The van der Waals surface area contributed by atoms with Gasteiger partial charge < -0.3 is 5.11 Å². The Balaban J connectivity index is 1.94. The first kappa shape index (κ1) is 29.5. The lowest BCUT2D eigenvalue weighted by Gasteiger charge is -2.54. The molecule has 0 radical (unpaired) electrons. The number of benzene rings is 2. The summed E-state index contributed by atoms with van der Waals surface area (Å²) >= 11 is 0. The van der Waals surface area contributed by atoms with Gasteiger partial charge in [0.2, 0.25) is 10.0 Å². The third-order valence-electron chi connectivity index (χ3n) is 6.39. The quantitative estimate of drug-likeness (QED) is 0.292. The molecule has 0 amide bonds. The van der Waals surface area contributed by atoms with Crippen LogP contribution in [0.25, 0.3) is 10.9 Å². The van der Waals surface area contributed by atoms with Crippen molar-refractivity contribution in [2.45, 2.75) is 40.4 Å². The summed E-state index contributed by atoms with van der Waals surface area (Å²) < 4.78 is 177. The van der Waals surface area contributed by atoms with E-state index in [9.17, 15) is 18.3 Å². The minimum atomic E-state index is -7.28. The van der Waals surface area contributed by atoms with Crippen molar-refractivity contribution < 1.29 is 62.2 Å². The number of aromatic nitrogens is 1. The highest BCUT2D eigenvalue weighted by Gasteiger charge is 3.01. The van der Waals surface area contributed by atoms with Crippen LogP contribution in [0.3, 0.4) is 0 Å². The van der Waals surface area contributed by atoms with Crippen molar-refractivity contribution in [1.82, 2.24) is 9.71 Å². The number of halogens is 10. The van der Waals surface area contributed by atoms with E-state index in [1.807, 2.05) is 0 Å². The molecular formula is C23H14F10N2O4S. The standard InChI is InChI=1S/C23H14F10N2O4S/c24-18(15-11-10-12-6-4-5-9-14(12)34-15)19(25,26)21(29,30)23(33,22(31,32)20(18,27)28)35-40(38,39)16(17(36)37)13-7-2-1-3-8-13/h1-11,16,35H,(H,36,37). The lowest BCUT2D eigenvalue weighted by Crippen LogP contribution is -2.87. The molecular weight excluding hydrogens is 590 g/mol. The van der Waals surface area contributed by atoms with Crippen LogP contribution in [0, 0.1) is 0 Å². The Bertz CT molecular complexity index is 1560. The van der Waals surface area contributed by atoms with Crippen LogP contribution in [-0.4, -0.2) is 54.0 Å². The Kier molecular flexibility index (Phi) is 6.47. The van der Waals surface area contributed by atoms with Crippen LogP contribution in [0.5, 0.6) is 0 Å². The molecule has 0 aliphatic heterocycles. The number of fused-ring (bicyclic) bond motifs is 1. The Morgan fingerprint density at radius 2 is 1.23 bits per heavy atom. The van der Waals surface area contributed by atoms with Crippen molar-refractivity contribution in [3.8, 4) is 0 Å². The van der Waals surface area contributed by atoms with Gasteiger partial charge in [-0.1, -0.05) is 54.6 Å². The molecule has 1 unspecified atom stereocenters. The highest BCUT2D eigenvalue weighted by Crippen LogP contribution is 2.71. The van der Waals surface area contributed by atoms with Gasteiger partial charge in [0.25, 0.3) is 5.67 Å². The highest BCUT2D eigenvalue weighted by molar-refractivity contribution is 7.90.